The molecule has 2 unspecified atom stereocenters. The van der Waals surface area contributed by atoms with E-state index >= 15 is 0 Å². The summed E-state index contributed by atoms with van der Waals surface area (Å²) in [5.41, 5.74) is 1.15. The second-order valence-corrected chi connectivity index (χ2v) is 5.09. The first kappa shape index (κ1) is 15.1. The maximum atomic E-state index is 11.9. The highest BCUT2D eigenvalue weighted by molar-refractivity contribution is 5.71. The van der Waals surface area contributed by atoms with E-state index in [2.05, 4.69) is 0 Å². The number of carboxylic acid groups (broad SMARTS) is 1. The molecule has 5 nitrogen and oxygen atoms in total. The molecule has 0 radical (unpaired) electrons. The van der Waals surface area contributed by atoms with Gasteiger partial charge in [-0.3, -0.25) is 9.69 Å². The van der Waals surface area contributed by atoms with Crippen molar-refractivity contribution in [2.45, 2.75) is 31.8 Å². The van der Waals surface area contributed by atoms with Gasteiger partial charge in [0.2, 0.25) is 0 Å². The van der Waals surface area contributed by atoms with Crippen LogP contribution in [0.5, 0.6) is 0 Å². The standard InChI is InChI=1S/C16H19NO4/c1-12(6-5-9-15(18)19)17-14(11-21-16(17)20)10-13-7-3-2-4-8-13/h2-8,12,14H,9-11H2,1H3,(H,18,19). The number of nitrogens with zero attached hydrogens (tertiary/aromatic N) is 1. The van der Waals surface area contributed by atoms with Crippen LogP contribution in [0.1, 0.15) is 18.9 Å². The molecule has 21 heavy (non-hydrogen) atoms. The second kappa shape index (κ2) is 6.92. The molecule has 0 aliphatic carbocycles. The summed E-state index contributed by atoms with van der Waals surface area (Å²) in [6, 6.07) is 9.71. The van der Waals surface area contributed by atoms with Gasteiger partial charge in [0.15, 0.2) is 0 Å². The number of benzene rings is 1. The Morgan fingerprint density at radius 1 is 1.48 bits per heavy atom. The molecule has 1 aliphatic heterocycles. The lowest BCUT2D eigenvalue weighted by Crippen LogP contribution is -2.40. The van der Waals surface area contributed by atoms with Gasteiger partial charge in [0, 0.05) is 0 Å². The lowest BCUT2D eigenvalue weighted by atomic mass is 10.0. The molecule has 1 aromatic carbocycles. The Morgan fingerprint density at radius 3 is 2.86 bits per heavy atom. The van der Waals surface area contributed by atoms with Crippen molar-refractivity contribution in [3.8, 4) is 0 Å². The summed E-state index contributed by atoms with van der Waals surface area (Å²) >= 11 is 0. The van der Waals surface area contributed by atoms with Crippen LogP contribution in [0.25, 0.3) is 0 Å². The van der Waals surface area contributed by atoms with Crippen molar-refractivity contribution in [3.05, 3.63) is 48.0 Å². The largest absolute Gasteiger partial charge is 0.481 e. The number of rotatable bonds is 6. The van der Waals surface area contributed by atoms with Gasteiger partial charge in [-0.2, -0.15) is 0 Å². The van der Waals surface area contributed by atoms with Gasteiger partial charge in [0.05, 0.1) is 18.5 Å². The molecule has 0 bridgehead atoms. The minimum Gasteiger partial charge on any atom is -0.481 e. The molecule has 1 amide bonds. The summed E-state index contributed by atoms with van der Waals surface area (Å²) in [7, 11) is 0. The Morgan fingerprint density at radius 2 is 2.19 bits per heavy atom. The van der Waals surface area contributed by atoms with E-state index < -0.39 is 5.97 Å². The van der Waals surface area contributed by atoms with Crippen LogP contribution in [-0.2, 0) is 16.0 Å². The fourth-order valence-corrected chi connectivity index (χ4v) is 2.47. The average molecular weight is 289 g/mol. The molecule has 0 spiro atoms. The third-order valence-corrected chi connectivity index (χ3v) is 3.46. The first-order valence-electron chi connectivity index (χ1n) is 6.95. The first-order valence-corrected chi connectivity index (χ1v) is 6.95. The van der Waals surface area contributed by atoms with Crippen LogP contribution < -0.4 is 0 Å². The Bertz CT molecular complexity index is 526. The van der Waals surface area contributed by atoms with Gasteiger partial charge < -0.3 is 9.84 Å². The molecule has 1 heterocycles. The van der Waals surface area contributed by atoms with Crippen LogP contribution in [0, 0.1) is 0 Å². The van der Waals surface area contributed by atoms with Crippen LogP contribution in [0.3, 0.4) is 0 Å². The zero-order chi connectivity index (χ0) is 15.2. The van der Waals surface area contributed by atoms with Crippen molar-refractivity contribution in [2.75, 3.05) is 6.61 Å². The van der Waals surface area contributed by atoms with Crippen molar-refractivity contribution >= 4 is 12.1 Å². The van der Waals surface area contributed by atoms with E-state index in [-0.39, 0.29) is 24.6 Å². The van der Waals surface area contributed by atoms with E-state index in [4.69, 9.17) is 9.84 Å². The number of carbonyl (C=O) groups is 2. The topological polar surface area (TPSA) is 66.8 Å². The number of amides is 1. The van der Waals surface area contributed by atoms with Gasteiger partial charge in [-0.05, 0) is 18.9 Å². The van der Waals surface area contributed by atoms with Crippen LogP contribution in [0.4, 0.5) is 4.79 Å². The van der Waals surface area contributed by atoms with E-state index in [1.54, 1.807) is 17.1 Å². The maximum absolute atomic E-state index is 11.9. The molecule has 2 atom stereocenters. The van der Waals surface area contributed by atoms with Crippen molar-refractivity contribution in [2.24, 2.45) is 0 Å². The van der Waals surface area contributed by atoms with E-state index in [1.807, 2.05) is 37.3 Å². The molecule has 0 saturated carbocycles. The second-order valence-electron chi connectivity index (χ2n) is 5.09. The molecule has 1 fully saturated rings. The molecule has 1 aliphatic rings. The zero-order valence-corrected chi connectivity index (χ0v) is 11.9. The predicted molar refractivity (Wildman–Crippen MR) is 78.0 cm³/mol. The zero-order valence-electron chi connectivity index (χ0n) is 11.9. The van der Waals surface area contributed by atoms with Gasteiger partial charge >= 0.3 is 12.1 Å². The molecule has 1 aromatic rings. The first-order chi connectivity index (χ1) is 10.1. The number of hydrogen-bond donors (Lipinski definition) is 1. The number of hydrogen-bond acceptors (Lipinski definition) is 3. The molecule has 5 heteroatoms. The Balaban J connectivity index is 2.02. The minimum atomic E-state index is -0.886. The summed E-state index contributed by atoms with van der Waals surface area (Å²) in [5.74, 6) is -0.886. The number of carbonyl (C=O) groups excluding carboxylic acids is 1. The Labute approximate surface area is 123 Å². The summed E-state index contributed by atoms with van der Waals surface area (Å²) in [5, 5.41) is 8.63. The van der Waals surface area contributed by atoms with E-state index in [1.165, 1.54) is 0 Å². The minimum absolute atomic E-state index is 0.0237. The summed E-state index contributed by atoms with van der Waals surface area (Å²) in [6.45, 7) is 2.23. The number of aliphatic carboxylic acids is 1. The van der Waals surface area contributed by atoms with Gasteiger partial charge in [-0.15, -0.1) is 0 Å². The third-order valence-electron chi connectivity index (χ3n) is 3.46. The van der Waals surface area contributed by atoms with Crippen molar-refractivity contribution < 1.29 is 19.4 Å². The smallest absolute Gasteiger partial charge is 0.410 e. The molecular weight excluding hydrogens is 270 g/mol. The van der Waals surface area contributed by atoms with Crippen LogP contribution in [0.15, 0.2) is 42.5 Å². The molecule has 112 valence electrons. The van der Waals surface area contributed by atoms with Crippen molar-refractivity contribution in [1.29, 1.82) is 0 Å². The van der Waals surface area contributed by atoms with Gasteiger partial charge in [0.1, 0.15) is 6.61 Å². The third kappa shape index (κ3) is 4.08. The van der Waals surface area contributed by atoms with Gasteiger partial charge in [-0.25, -0.2) is 4.79 Å². The van der Waals surface area contributed by atoms with Crippen LogP contribution in [-0.4, -0.2) is 40.8 Å². The molecule has 1 N–H and O–H groups in total. The highest BCUT2D eigenvalue weighted by Crippen LogP contribution is 2.20. The lowest BCUT2D eigenvalue weighted by molar-refractivity contribution is -0.136. The lowest BCUT2D eigenvalue weighted by Gasteiger charge is -2.26. The highest BCUT2D eigenvalue weighted by Gasteiger charge is 2.35. The van der Waals surface area contributed by atoms with Crippen molar-refractivity contribution in [3.63, 3.8) is 0 Å². The Kier molecular flexibility index (Phi) is 4.98. The van der Waals surface area contributed by atoms with Gasteiger partial charge in [0.25, 0.3) is 0 Å². The molecular formula is C16H19NO4. The predicted octanol–water partition coefficient (Wildman–Crippen LogP) is 2.47. The van der Waals surface area contributed by atoms with Crippen LogP contribution in [0.2, 0.25) is 0 Å². The Hall–Kier alpha value is -2.30. The normalized spacial score (nSPS) is 19.8. The number of cyclic esters (lactones) is 1. The monoisotopic (exact) mass is 289 g/mol. The molecule has 2 rings (SSSR count). The highest BCUT2D eigenvalue weighted by atomic mass is 16.6. The van der Waals surface area contributed by atoms with E-state index in [0.29, 0.717) is 6.61 Å². The fourth-order valence-electron chi connectivity index (χ4n) is 2.47. The fraction of sp³-hybridized carbons (Fsp3) is 0.375. The number of carboxylic acids is 1. The van der Waals surface area contributed by atoms with E-state index in [0.717, 1.165) is 12.0 Å². The average Bonchev–Trinajstić information content (AvgIpc) is 2.80. The summed E-state index contributed by atoms with van der Waals surface area (Å²) in [4.78, 5) is 24.1. The summed E-state index contributed by atoms with van der Waals surface area (Å²) < 4.78 is 5.14. The maximum Gasteiger partial charge on any atom is 0.410 e. The van der Waals surface area contributed by atoms with Gasteiger partial charge in [-0.1, -0.05) is 42.5 Å². The summed E-state index contributed by atoms with van der Waals surface area (Å²) in [6.07, 6.45) is 3.64. The molecule has 0 aromatic heterocycles. The number of ether oxygens (including phenoxy) is 1. The SMILES string of the molecule is CC(C=CCC(=O)O)N1C(=O)OCC1Cc1ccccc1. The molecule has 1 saturated heterocycles. The quantitative estimate of drug-likeness (QED) is 0.817. The van der Waals surface area contributed by atoms with Crippen LogP contribution >= 0.6 is 0 Å². The van der Waals surface area contributed by atoms with Crippen molar-refractivity contribution in [1.82, 2.24) is 4.90 Å². The van der Waals surface area contributed by atoms with E-state index in [9.17, 15) is 9.59 Å².